The van der Waals surface area contributed by atoms with Gasteiger partial charge in [-0.25, -0.2) is 12.9 Å². The van der Waals surface area contributed by atoms with E-state index in [0.717, 1.165) is 5.56 Å². The van der Waals surface area contributed by atoms with Gasteiger partial charge in [0.1, 0.15) is 17.7 Å². The fourth-order valence-electron chi connectivity index (χ4n) is 1.79. The van der Waals surface area contributed by atoms with Crippen molar-refractivity contribution in [1.82, 2.24) is 4.31 Å². The molecule has 0 saturated heterocycles. The largest absolute Gasteiger partial charge is 0.250 e. The molecule has 2 aromatic rings. The number of alkyl halides is 1. The van der Waals surface area contributed by atoms with Gasteiger partial charge in [-0.2, -0.15) is 0 Å². The number of hydrogen-bond acceptors (Lipinski definition) is 1. The van der Waals surface area contributed by atoms with Gasteiger partial charge in [0.05, 0.1) is 4.90 Å². The lowest BCUT2D eigenvalue weighted by molar-refractivity contribution is 0.369. The number of benzene rings is 2. The van der Waals surface area contributed by atoms with Crippen LogP contribution in [0.2, 0.25) is 0 Å². The van der Waals surface area contributed by atoms with E-state index >= 15 is 0 Å². The minimum absolute atomic E-state index is 0.163. The maximum absolute atomic E-state index is 12.6. The lowest BCUT2D eigenvalue weighted by Crippen LogP contribution is -2.27. The maximum Gasteiger partial charge on any atom is 0.128 e. The molecule has 0 spiro atoms. The van der Waals surface area contributed by atoms with Crippen molar-refractivity contribution in [2.75, 3.05) is 13.2 Å². The third kappa shape index (κ3) is 3.98. The van der Waals surface area contributed by atoms with Crippen molar-refractivity contribution in [3.05, 3.63) is 66.2 Å². The summed E-state index contributed by atoms with van der Waals surface area (Å²) >= 11 is 0. The van der Waals surface area contributed by atoms with E-state index in [4.69, 9.17) is 0 Å². The molecule has 0 fully saturated rings. The Morgan fingerprint density at radius 2 is 1.53 bits per heavy atom. The van der Waals surface area contributed by atoms with Gasteiger partial charge in [-0.1, -0.05) is 48.5 Å². The zero-order valence-electron chi connectivity index (χ0n) is 10.5. The molecule has 0 radical (unpaired) electrons. The second-order valence-corrected chi connectivity index (χ2v) is 5.59. The second-order valence-electron chi connectivity index (χ2n) is 4.10. The van der Waals surface area contributed by atoms with Gasteiger partial charge in [-0.05, 0) is 17.7 Å². The molecule has 19 heavy (non-hydrogen) atoms. The van der Waals surface area contributed by atoms with Crippen LogP contribution < -0.4 is 0 Å². The minimum atomic E-state index is -1.33. The zero-order chi connectivity index (χ0) is 13.5. The van der Waals surface area contributed by atoms with Gasteiger partial charge in [0.2, 0.25) is 0 Å². The highest BCUT2D eigenvalue weighted by Gasteiger charge is 2.15. The maximum atomic E-state index is 12.6. The van der Waals surface area contributed by atoms with Crippen LogP contribution in [0.4, 0.5) is 4.39 Å². The highest BCUT2D eigenvalue weighted by atomic mass is 32.2. The molecule has 0 bridgehead atoms. The van der Waals surface area contributed by atoms with Crippen LogP contribution in [0.5, 0.6) is 0 Å². The summed E-state index contributed by atoms with van der Waals surface area (Å²) in [6, 6.07) is 18.8. The summed E-state index contributed by atoms with van der Waals surface area (Å²) in [6.45, 7) is 0.133. The van der Waals surface area contributed by atoms with Crippen molar-refractivity contribution in [3.63, 3.8) is 0 Å². The monoisotopic (exact) mass is 277 g/mol. The first-order valence-electron chi connectivity index (χ1n) is 6.13. The Morgan fingerprint density at radius 3 is 2.11 bits per heavy atom. The van der Waals surface area contributed by atoms with Crippen LogP contribution in [0, 0.1) is 0 Å². The van der Waals surface area contributed by atoms with Crippen LogP contribution in [0.25, 0.3) is 0 Å². The lowest BCUT2D eigenvalue weighted by atomic mass is 10.2. The van der Waals surface area contributed by atoms with Crippen molar-refractivity contribution in [2.45, 2.75) is 11.4 Å². The van der Waals surface area contributed by atoms with Gasteiger partial charge < -0.3 is 0 Å². The first-order valence-corrected chi connectivity index (χ1v) is 7.23. The van der Waals surface area contributed by atoms with E-state index in [1.54, 1.807) is 16.4 Å². The van der Waals surface area contributed by atoms with Gasteiger partial charge in [0.15, 0.2) is 0 Å². The average molecular weight is 277 g/mol. The van der Waals surface area contributed by atoms with Gasteiger partial charge in [0.25, 0.3) is 0 Å². The summed E-state index contributed by atoms with van der Waals surface area (Å²) in [4.78, 5) is 0.701. The molecule has 4 heteroatoms. The van der Waals surface area contributed by atoms with Crippen LogP contribution in [0.3, 0.4) is 0 Å². The zero-order valence-corrected chi connectivity index (χ0v) is 11.4. The van der Waals surface area contributed by atoms with E-state index in [2.05, 4.69) is 0 Å². The molecule has 0 aliphatic heterocycles. The van der Waals surface area contributed by atoms with Crippen LogP contribution in [0.1, 0.15) is 5.56 Å². The molecule has 2 rings (SSSR count). The molecule has 0 aromatic heterocycles. The van der Waals surface area contributed by atoms with E-state index < -0.39 is 17.7 Å². The molecule has 0 heterocycles. The van der Waals surface area contributed by atoms with E-state index in [1.165, 1.54) is 0 Å². The van der Waals surface area contributed by atoms with Crippen LogP contribution >= 0.6 is 0 Å². The van der Waals surface area contributed by atoms with Crippen molar-refractivity contribution in [1.29, 1.82) is 0 Å². The number of halogens is 1. The highest BCUT2D eigenvalue weighted by Crippen LogP contribution is 2.14. The standard InChI is InChI=1S/C15H16FNOS/c16-11-12-17(13-14-7-3-1-4-8-14)19(18)15-9-5-2-6-10-15/h1-10H,11-13H2. The summed E-state index contributed by atoms with van der Waals surface area (Å²) in [6.07, 6.45) is 0. The summed E-state index contributed by atoms with van der Waals surface area (Å²) in [5, 5.41) is 0. The molecule has 0 aliphatic rings. The third-order valence-electron chi connectivity index (χ3n) is 2.72. The van der Waals surface area contributed by atoms with E-state index in [-0.39, 0.29) is 6.54 Å². The van der Waals surface area contributed by atoms with E-state index in [9.17, 15) is 8.60 Å². The Hall–Kier alpha value is -1.52. The third-order valence-corrected chi connectivity index (χ3v) is 4.17. The molecule has 0 amide bonds. The quantitative estimate of drug-likeness (QED) is 0.794. The molecule has 1 unspecified atom stereocenters. The molecular formula is C15H16FNOS. The average Bonchev–Trinajstić information content (AvgIpc) is 2.48. The SMILES string of the molecule is O=S(c1ccccc1)N(CCF)Cc1ccccc1. The molecule has 2 nitrogen and oxygen atoms in total. The van der Waals surface area contributed by atoms with Crippen LogP contribution in [-0.4, -0.2) is 21.7 Å². The number of hydrogen-bond donors (Lipinski definition) is 0. The lowest BCUT2D eigenvalue weighted by Gasteiger charge is -2.19. The van der Waals surface area contributed by atoms with Gasteiger partial charge in [0, 0.05) is 13.1 Å². The molecule has 1 atom stereocenters. The Morgan fingerprint density at radius 1 is 0.947 bits per heavy atom. The number of rotatable bonds is 6. The predicted octanol–water partition coefficient (Wildman–Crippen LogP) is 3.18. The normalized spacial score (nSPS) is 12.5. The van der Waals surface area contributed by atoms with Gasteiger partial charge >= 0.3 is 0 Å². The fraction of sp³-hybridized carbons (Fsp3) is 0.200. The van der Waals surface area contributed by atoms with Gasteiger partial charge in [-0.3, -0.25) is 0 Å². The molecule has 0 aliphatic carbocycles. The second kappa shape index (κ2) is 7.16. The van der Waals surface area contributed by atoms with E-state index in [0.29, 0.717) is 11.4 Å². The molecular weight excluding hydrogens is 261 g/mol. The summed E-state index contributed by atoms with van der Waals surface area (Å²) < 4.78 is 26.7. The Bertz CT molecular complexity index is 518. The first kappa shape index (κ1) is 13.9. The van der Waals surface area contributed by atoms with Gasteiger partial charge in [-0.15, -0.1) is 0 Å². The first-order chi connectivity index (χ1) is 9.31. The highest BCUT2D eigenvalue weighted by molar-refractivity contribution is 7.82. The Kier molecular flexibility index (Phi) is 5.24. The molecule has 100 valence electrons. The van der Waals surface area contributed by atoms with Crippen LogP contribution in [0.15, 0.2) is 65.6 Å². The fourth-order valence-corrected chi connectivity index (χ4v) is 2.98. The topological polar surface area (TPSA) is 20.3 Å². The Labute approximate surface area is 115 Å². The van der Waals surface area contributed by atoms with E-state index in [1.807, 2.05) is 48.5 Å². The Balaban J connectivity index is 2.14. The number of nitrogens with zero attached hydrogens (tertiary/aromatic N) is 1. The molecule has 0 saturated carbocycles. The molecule has 2 aromatic carbocycles. The van der Waals surface area contributed by atoms with Crippen molar-refractivity contribution >= 4 is 11.0 Å². The van der Waals surface area contributed by atoms with Crippen LogP contribution in [-0.2, 0) is 17.5 Å². The molecule has 0 N–H and O–H groups in total. The van der Waals surface area contributed by atoms with Crippen molar-refractivity contribution in [2.24, 2.45) is 0 Å². The summed E-state index contributed by atoms with van der Waals surface area (Å²) in [5.41, 5.74) is 1.03. The predicted molar refractivity (Wildman–Crippen MR) is 75.7 cm³/mol. The summed E-state index contributed by atoms with van der Waals surface area (Å²) in [7, 11) is -1.33. The smallest absolute Gasteiger partial charge is 0.128 e. The van der Waals surface area contributed by atoms with Crippen molar-refractivity contribution in [3.8, 4) is 0 Å². The minimum Gasteiger partial charge on any atom is -0.250 e. The summed E-state index contributed by atoms with van der Waals surface area (Å²) in [5.74, 6) is 0. The van der Waals surface area contributed by atoms with Crippen molar-refractivity contribution < 1.29 is 8.60 Å².